The summed E-state index contributed by atoms with van der Waals surface area (Å²) in [6.07, 6.45) is 4.33. The van der Waals surface area contributed by atoms with E-state index >= 15 is 0 Å². The molecule has 0 unspecified atom stereocenters. The van der Waals surface area contributed by atoms with Crippen molar-refractivity contribution >= 4 is 34.6 Å². The minimum atomic E-state index is -0.573. The number of carbonyl (C=O) groups is 1. The lowest BCUT2D eigenvalue weighted by Crippen LogP contribution is -2.06. The summed E-state index contributed by atoms with van der Waals surface area (Å²) in [5.41, 5.74) is 2.01. The van der Waals surface area contributed by atoms with E-state index < -0.39 is 5.97 Å². The number of hydrogen-bond donors (Lipinski definition) is 0. The predicted octanol–water partition coefficient (Wildman–Crippen LogP) is 6.53. The van der Waals surface area contributed by atoms with Crippen molar-refractivity contribution in [2.24, 2.45) is 0 Å². The summed E-state index contributed by atoms with van der Waals surface area (Å²) in [6, 6.07) is 17.0. The van der Waals surface area contributed by atoms with Crippen LogP contribution in [0.2, 0.25) is 5.02 Å². The summed E-state index contributed by atoms with van der Waals surface area (Å²) in [4.78, 5) is 25.3. The van der Waals surface area contributed by atoms with E-state index in [9.17, 15) is 9.59 Å². The second-order valence-corrected chi connectivity index (χ2v) is 7.91. The van der Waals surface area contributed by atoms with Crippen molar-refractivity contribution in [2.75, 3.05) is 13.2 Å². The molecule has 0 spiro atoms. The molecule has 0 aliphatic carbocycles. The molecule has 4 aromatic rings. The highest BCUT2D eigenvalue weighted by Crippen LogP contribution is 2.29. The third kappa shape index (κ3) is 5.73. The van der Waals surface area contributed by atoms with Crippen LogP contribution < -0.4 is 19.6 Å². The molecule has 1 heterocycles. The van der Waals surface area contributed by atoms with E-state index in [1.54, 1.807) is 54.6 Å². The number of ether oxygens (including phenoxy) is 3. The highest BCUT2D eigenvalue weighted by Gasteiger charge is 2.11. The van der Waals surface area contributed by atoms with Crippen LogP contribution >= 0.6 is 11.6 Å². The van der Waals surface area contributed by atoms with Gasteiger partial charge in [0.25, 0.3) is 0 Å². The molecule has 0 amide bonds. The molecule has 0 atom stereocenters. The summed E-state index contributed by atoms with van der Waals surface area (Å²) >= 11 is 5.93. The molecule has 6 nitrogen and oxygen atoms in total. The normalized spacial score (nSPS) is 11.1. The maximum Gasteiger partial charge on any atom is 0.336 e. The van der Waals surface area contributed by atoms with Gasteiger partial charge in [-0.05, 0) is 67.4 Å². The first-order chi connectivity index (χ1) is 17.0. The van der Waals surface area contributed by atoms with Crippen molar-refractivity contribution in [3.05, 3.63) is 93.8 Å². The number of hydrogen-bond acceptors (Lipinski definition) is 6. The average Bonchev–Trinajstić information content (AvgIpc) is 2.85. The maximum atomic E-state index is 12.9. The number of rotatable bonds is 8. The summed E-state index contributed by atoms with van der Waals surface area (Å²) in [6.45, 7) is 4.81. The zero-order valence-corrected chi connectivity index (χ0v) is 20.0. The first-order valence-corrected chi connectivity index (χ1v) is 11.5. The summed E-state index contributed by atoms with van der Waals surface area (Å²) in [5.74, 6) is 0.936. The molecule has 0 aliphatic rings. The lowest BCUT2D eigenvalue weighted by atomic mass is 10.1. The van der Waals surface area contributed by atoms with Crippen molar-refractivity contribution in [3.8, 4) is 28.4 Å². The van der Waals surface area contributed by atoms with Gasteiger partial charge in [-0.25, -0.2) is 4.79 Å². The Labute approximate surface area is 207 Å². The Bertz CT molecular complexity index is 1440. The van der Waals surface area contributed by atoms with Crippen LogP contribution in [0.4, 0.5) is 0 Å². The van der Waals surface area contributed by atoms with Gasteiger partial charge >= 0.3 is 5.97 Å². The second-order valence-electron chi connectivity index (χ2n) is 7.47. The fourth-order valence-corrected chi connectivity index (χ4v) is 3.61. The van der Waals surface area contributed by atoms with Crippen LogP contribution in [0, 0.1) is 0 Å². The van der Waals surface area contributed by atoms with Crippen molar-refractivity contribution in [1.82, 2.24) is 0 Å². The third-order valence-corrected chi connectivity index (χ3v) is 5.35. The van der Waals surface area contributed by atoms with E-state index in [0.717, 1.165) is 5.56 Å². The van der Waals surface area contributed by atoms with Gasteiger partial charge in [0, 0.05) is 17.2 Å². The van der Waals surface area contributed by atoms with Crippen LogP contribution in [0.15, 0.2) is 82.2 Å². The van der Waals surface area contributed by atoms with Gasteiger partial charge in [-0.15, -0.1) is 0 Å². The van der Waals surface area contributed by atoms with Gasteiger partial charge in [0.05, 0.1) is 24.2 Å². The molecule has 0 N–H and O–H groups in total. The van der Waals surface area contributed by atoms with Gasteiger partial charge in [-0.1, -0.05) is 29.8 Å². The number of fused-ring (bicyclic) bond motifs is 1. The summed E-state index contributed by atoms with van der Waals surface area (Å²) in [5, 5.41) is 0.960. The average molecular weight is 491 g/mol. The molecular weight excluding hydrogens is 468 g/mol. The minimum absolute atomic E-state index is 0.188. The topological polar surface area (TPSA) is 75.0 Å². The molecule has 1 aromatic heterocycles. The van der Waals surface area contributed by atoms with Crippen LogP contribution in [0.5, 0.6) is 17.2 Å². The van der Waals surface area contributed by atoms with E-state index in [0.29, 0.717) is 51.8 Å². The number of esters is 1. The van der Waals surface area contributed by atoms with E-state index in [-0.39, 0.29) is 11.2 Å². The molecule has 0 fully saturated rings. The minimum Gasteiger partial charge on any atom is -0.490 e. The van der Waals surface area contributed by atoms with Crippen LogP contribution in [0.25, 0.3) is 28.2 Å². The molecule has 0 radical (unpaired) electrons. The zero-order valence-electron chi connectivity index (χ0n) is 19.2. The molecule has 4 rings (SSSR count). The van der Waals surface area contributed by atoms with Gasteiger partial charge in [-0.3, -0.25) is 4.79 Å². The van der Waals surface area contributed by atoms with Gasteiger partial charge in [0.1, 0.15) is 17.6 Å². The number of benzene rings is 3. The molecular formula is C28H23ClO6. The Balaban J connectivity index is 1.50. The predicted molar refractivity (Wildman–Crippen MR) is 136 cm³/mol. The zero-order chi connectivity index (χ0) is 24.8. The first kappa shape index (κ1) is 24.1. The monoisotopic (exact) mass is 490 g/mol. The van der Waals surface area contributed by atoms with Crippen LogP contribution in [-0.2, 0) is 4.79 Å². The lowest BCUT2D eigenvalue weighted by Gasteiger charge is -2.11. The number of halogens is 1. The lowest BCUT2D eigenvalue weighted by molar-refractivity contribution is -0.128. The fourth-order valence-electron chi connectivity index (χ4n) is 3.49. The Kier molecular flexibility index (Phi) is 7.53. The van der Waals surface area contributed by atoms with Gasteiger partial charge < -0.3 is 18.6 Å². The highest BCUT2D eigenvalue weighted by atomic mass is 35.5. The van der Waals surface area contributed by atoms with Crippen molar-refractivity contribution in [3.63, 3.8) is 0 Å². The molecule has 0 saturated carbocycles. The molecule has 35 heavy (non-hydrogen) atoms. The quantitative estimate of drug-likeness (QED) is 0.159. The van der Waals surface area contributed by atoms with Crippen molar-refractivity contribution < 1.29 is 23.4 Å². The Morgan fingerprint density at radius 3 is 2.43 bits per heavy atom. The van der Waals surface area contributed by atoms with E-state index in [1.165, 1.54) is 18.4 Å². The van der Waals surface area contributed by atoms with Gasteiger partial charge in [0.2, 0.25) is 0 Å². The smallest absolute Gasteiger partial charge is 0.336 e. The molecule has 0 aliphatic heterocycles. The van der Waals surface area contributed by atoms with E-state index in [2.05, 4.69) is 0 Å². The second kappa shape index (κ2) is 10.9. The van der Waals surface area contributed by atoms with Crippen LogP contribution in [0.3, 0.4) is 0 Å². The third-order valence-electron chi connectivity index (χ3n) is 5.10. The Morgan fingerprint density at radius 2 is 1.69 bits per heavy atom. The van der Waals surface area contributed by atoms with Gasteiger partial charge in [0.15, 0.2) is 16.9 Å². The Morgan fingerprint density at radius 1 is 0.943 bits per heavy atom. The van der Waals surface area contributed by atoms with Crippen LogP contribution in [0.1, 0.15) is 19.4 Å². The standard InChI is InChI=1S/C28H23ClO6/c1-3-32-24-13-5-18(15-26(24)33-4-2)6-14-27(30)35-21-11-12-22-25(16-21)34-17-23(28(22)31)19-7-9-20(29)10-8-19/h5-17H,3-4H2,1-2H3. The maximum absolute atomic E-state index is 12.9. The largest absolute Gasteiger partial charge is 0.490 e. The molecule has 178 valence electrons. The Hall–Kier alpha value is -4.03. The highest BCUT2D eigenvalue weighted by molar-refractivity contribution is 6.30. The SMILES string of the molecule is CCOc1ccc(C=CC(=O)Oc2ccc3c(=O)c(-c4ccc(Cl)cc4)coc3c2)cc1OCC. The summed E-state index contributed by atoms with van der Waals surface area (Å²) in [7, 11) is 0. The summed E-state index contributed by atoms with van der Waals surface area (Å²) < 4.78 is 22.2. The number of carbonyl (C=O) groups excluding carboxylic acids is 1. The van der Waals surface area contributed by atoms with Crippen molar-refractivity contribution in [1.29, 1.82) is 0 Å². The van der Waals surface area contributed by atoms with Crippen LogP contribution in [-0.4, -0.2) is 19.2 Å². The molecule has 0 bridgehead atoms. The van der Waals surface area contributed by atoms with E-state index in [4.69, 9.17) is 30.2 Å². The fraction of sp³-hybridized carbons (Fsp3) is 0.143. The molecule has 0 saturated heterocycles. The molecule has 3 aromatic carbocycles. The van der Waals surface area contributed by atoms with Crippen molar-refractivity contribution in [2.45, 2.75) is 13.8 Å². The molecule has 7 heteroatoms. The van der Waals surface area contributed by atoms with E-state index in [1.807, 2.05) is 19.9 Å². The van der Waals surface area contributed by atoms with Gasteiger partial charge in [-0.2, -0.15) is 0 Å². The first-order valence-electron chi connectivity index (χ1n) is 11.1.